The van der Waals surface area contributed by atoms with E-state index in [4.69, 9.17) is 4.74 Å². The lowest BCUT2D eigenvalue weighted by Crippen LogP contribution is -2.24. The van der Waals surface area contributed by atoms with Crippen LogP contribution in [0.25, 0.3) is 10.8 Å². The van der Waals surface area contributed by atoms with E-state index in [1.54, 1.807) is 6.07 Å². The van der Waals surface area contributed by atoms with Crippen molar-refractivity contribution in [3.63, 3.8) is 0 Å². The number of benzene rings is 2. The third kappa shape index (κ3) is 3.78. The maximum absolute atomic E-state index is 13.1. The van der Waals surface area contributed by atoms with Crippen molar-refractivity contribution in [1.82, 2.24) is 0 Å². The van der Waals surface area contributed by atoms with Gasteiger partial charge in [-0.25, -0.2) is 4.39 Å². The van der Waals surface area contributed by atoms with E-state index in [9.17, 15) is 9.18 Å². The van der Waals surface area contributed by atoms with Crippen molar-refractivity contribution in [2.24, 2.45) is 0 Å². The molecule has 0 heterocycles. The second-order valence-corrected chi connectivity index (χ2v) is 5.59. The van der Waals surface area contributed by atoms with Crippen molar-refractivity contribution < 1.29 is 13.9 Å². The normalized spacial score (nSPS) is 11.6. The van der Waals surface area contributed by atoms with E-state index in [1.807, 2.05) is 39.0 Å². The van der Waals surface area contributed by atoms with Crippen molar-refractivity contribution in [3.8, 4) is 0 Å². The maximum Gasteiger partial charge on any atom is 0.310 e. The second-order valence-electron chi connectivity index (χ2n) is 5.59. The van der Waals surface area contributed by atoms with Gasteiger partial charge in [-0.3, -0.25) is 4.79 Å². The quantitative estimate of drug-likeness (QED) is 0.766. The highest BCUT2D eigenvalue weighted by atomic mass is 19.1. The minimum absolute atomic E-state index is 0.227. The van der Waals surface area contributed by atoms with Gasteiger partial charge in [0.15, 0.2) is 0 Å². The van der Waals surface area contributed by atoms with E-state index >= 15 is 0 Å². The van der Waals surface area contributed by atoms with Gasteiger partial charge in [-0.2, -0.15) is 0 Å². The van der Waals surface area contributed by atoms with Crippen LogP contribution in [0.4, 0.5) is 4.39 Å². The Hall–Kier alpha value is -1.90. The highest BCUT2D eigenvalue weighted by Crippen LogP contribution is 2.18. The Morgan fingerprint density at radius 2 is 1.74 bits per heavy atom. The van der Waals surface area contributed by atoms with Crippen molar-refractivity contribution in [2.75, 3.05) is 0 Å². The smallest absolute Gasteiger partial charge is 0.310 e. The van der Waals surface area contributed by atoms with Gasteiger partial charge in [0.2, 0.25) is 0 Å². The minimum atomic E-state index is -0.475. The van der Waals surface area contributed by atoms with E-state index in [-0.39, 0.29) is 18.2 Å². The number of ether oxygens (including phenoxy) is 1. The van der Waals surface area contributed by atoms with Gasteiger partial charge in [0, 0.05) is 0 Å². The first-order valence-electron chi connectivity index (χ1n) is 6.23. The van der Waals surface area contributed by atoms with Gasteiger partial charge < -0.3 is 4.74 Å². The van der Waals surface area contributed by atoms with E-state index in [0.717, 1.165) is 16.3 Å². The molecule has 100 valence electrons. The maximum atomic E-state index is 13.1. The van der Waals surface area contributed by atoms with Crippen molar-refractivity contribution in [1.29, 1.82) is 0 Å². The Morgan fingerprint density at radius 1 is 1.11 bits per heavy atom. The van der Waals surface area contributed by atoms with E-state index in [2.05, 4.69) is 0 Å². The molecule has 3 heteroatoms. The molecule has 2 rings (SSSR count). The Bertz CT molecular complexity index is 612. The number of fused-ring (bicyclic) bond motifs is 1. The Kier molecular flexibility index (Phi) is 3.56. The molecule has 0 saturated carbocycles. The lowest BCUT2D eigenvalue weighted by molar-refractivity contribution is -0.153. The van der Waals surface area contributed by atoms with Gasteiger partial charge in [0.25, 0.3) is 0 Å². The standard InChI is InChI=1S/C16H17FO2/c1-16(2,3)19-15(18)9-11-4-5-13-10-14(17)7-6-12(13)8-11/h4-8,10H,9H2,1-3H3. The molecule has 19 heavy (non-hydrogen) atoms. The zero-order chi connectivity index (χ0) is 14.0. The van der Waals surface area contributed by atoms with Crippen LogP contribution in [0.1, 0.15) is 26.3 Å². The van der Waals surface area contributed by atoms with Gasteiger partial charge in [-0.1, -0.05) is 24.3 Å². The van der Waals surface area contributed by atoms with E-state index in [0.29, 0.717) is 0 Å². The van der Waals surface area contributed by atoms with Crippen molar-refractivity contribution in [3.05, 3.63) is 47.8 Å². The molecule has 0 fully saturated rings. The summed E-state index contributed by atoms with van der Waals surface area (Å²) in [5.41, 5.74) is 0.394. The van der Waals surface area contributed by atoms with Crippen LogP contribution in [0.2, 0.25) is 0 Å². The second kappa shape index (κ2) is 5.00. The summed E-state index contributed by atoms with van der Waals surface area (Å²) >= 11 is 0. The lowest BCUT2D eigenvalue weighted by Gasteiger charge is -2.19. The SMILES string of the molecule is CC(C)(C)OC(=O)Cc1ccc2cc(F)ccc2c1. The highest BCUT2D eigenvalue weighted by Gasteiger charge is 2.16. The predicted octanol–water partition coefficient (Wildman–Crippen LogP) is 3.86. The molecule has 0 spiro atoms. The number of hydrogen-bond acceptors (Lipinski definition) is 2. The number of halogens is 1. The minimum Gasteiger partial charge on any atom is -0.460 e. The van der Waals surface area contributed by atoms with Crippen LogP contribution in [0.15, 0.2) is 36.4 Å². The summed E-state index contributed by atoms with van der Waals surface area (Å²) in [5, 5.41) is 1.75. The third-order valence-corrected chi connectivity index (χ3v) is 2.64. The van der Waals surface area contributed by atoms with Gasteiger partial charge in [0.1, 0.15) is 11.4 Å². The summed E-state index contributed by atoms with van der Waals surface area (Å²) in [6, 6.07) is 10.1. The average molecular weight is 260 g/mol. The van der Waals surface area contributed by atoms with E-state index < -0.39 is 5.60 Å². The van der Waals surface area contributed by atoms with Crippen molar-refractivity contribution in [2.45, 2.75) is 32.8 Å². The molecule has 2 aromatic rings. The average Bonchev–Trinajstić information content (AvgIpc) is 2.26. The summed E-state index contributed by atoms with van der Waals surface area (Å²) in [6.07, 6.45) is 0.227. The van der Waals surface area contributed by atoms with Gasteiger partial charge in [0.05, 0.1) is 6.42 Å². The fraction of sp³-hybridized carbons (Fsp3) is 0.312. The fourth-order valence-corrected chi connectivity index (χ4v) is 1.92. The molecule has 0 aromatic heterocycles. The first-order valence-corrected chi connectivity index (χ1v) is 6.23. The van der Waals surface area contributed by atoms with Gasteiger partial charge >= 0.3 is 5.97 Å². The number of carbonyl (C=O) groups is 1. The number of esters is 1. The van der Waals surface area contributed by atoms with Crippen LogP contribution < -0.4 is 0 Å². The summed E-state index contributed by atoms with van der Waals surface area (Å²) in [5.74, 6) is -0.513. The van der Waals surface area contributed by atoms with Crippen LogP contribution in [0.5, 0.6) is 0 Å². The Balaban J connectivity index is 2.18. The summed E-state index contributed by atoms with van der Waals surface area (Å²) < 4.78 is 18.3. The molecule has 0 atom stereocenters. The molecule has 0 amide bonds. The lowest BCUT2D eigenvalue weighted by atomic mass is 10.0. The van der Waals surface area contributed by atoms with Crippen LogP contribution in [0.3, 0.4) is 0 Å². The monoisotopic (exact) mass is 260 g/mol. The molecule has 0 radical (unpaired) electrons. The van der Waals surface area contributed by atoms with Gasteiger partial charge in [-0.15, -0.1) is 0 Å². The van der Waals surface area contributed by atoms with Crippen LogP contribution in [-0.4, -0.2) is 11.6 Å². The summed E-state index contributed by atoms with van der Waals surface area (Å²) in [7, 11) is 0. The number of rotatable bonds is 2. The molecular weight excluding hydrogens is 243 g/mol. The molecule has 0 unspecified atom stereocenters. The number of carbonyl (C=O) groups excluding carboxylic acids is 1. The molecule has 0 bridgehead atoms. The summed E-state index contributed by atoms with van der Waals surface area (Å²) in [6.45, 7) is 5.52. The highest BCUT2D eigenvalue weighted by molar-refractivity contribution is 5.84. The van der Waals surface area contributed by atoms with Crippen LogP contribution >= 0.6 is 0 Å². The zero-order valence-electron chi connectivity index (χ0n) is 11.4. The first-order chi connectivity index (χ1) is 8.83. The molecule has 0 aliphatic carbocycles. The topological polar surface area (TPSA) is 26.3 Å². The first kappa shape index (κ1) is 13.5. The predicted molar refractivity (Wildman–Crippen MR) is 73.5 cm³/mol. The number of hydrogen-bond donors (Lipinski definition) is 0. The molecule has 0 aliphatic rings. The van der Waals surface area contributed by atoms with Crippen LogP contribution in [0, 0.1) is 5.82 Å². The molecule has 0 saturated heterocycles. The van der Waals surface area contributed by atoms with Gasteiger partial charge in [-0.05, 0) is 49.2 Å². The Morgan fingerprint density at radius 3 is 2.42 bits per heavy atom. The third-order valence-electron chi connectivity index (χ3n) is 2.64. The molecule has 2 aromatic carbocycles. The molecule has 2 nitrogen and oxygen atoms in total. The van der Waals surface area contributed by atoms with E-state index in [1.165, 1.54) is 12.1 Å². The molecular formula is C16H17FO2. The fourth-order valence-electron chi connectivity index (χ4n) is 1.92. The molecule has 0 N–H and O–H groups in total. The zero-order valence-corrected chi connectivity index (χ0v) is 11.4. The summed E-state index contributed by atoms with van der Waals surface area (Å²) in [4.78, 5) is 11.7. The Labute approximate surface area is 112 Å². The molecule has 0 aliphatic heterocycles. The van der Waals surface area contributed by atoms with Crippen molar-refractivity contribution >= 4 is 16.7 Å². The largest absolute Gasteiger partial charge is 0.460 e. The van der Waals surface area contributed by atoms with Crippen LogP contribution in [-0.2, 0) is 16.0 Å².